The normalized spacial score (nSPS) is 10.3. The largest absolute Gasteiger partial charge is 0.489 e. The lowest BCUT2D eigenvalue weighted by Gasteiger charge is -2.02. The SMILES string of the molecule is COC(=O)c1cccc2oc(OC)c(OC)c12. The van der Waals surface area contributed by atoms with E-state index in [-0.39, 0.29) is 5.95 Å². The highest BCUT2D eigenvalue weighted by atomic mass is 16.6. The van der Waals surface area contributed by atoms with Crippen molar-refractivity contribution < 1.29 is 23.4 Å². The summed E-state index contributed by atoms with van der Waals surface area (Å²) < 4.78 is 20.4. The number of carbonyl (C=O) groups is 1. The van der Waals surface area contributed by atoms with Crippen LogP contribution in [-0.2, 0) is 4.74 Å². The summed E-state index contributed by atoms with van der Waals surface area (Å²) in [4.78, 5) is 11.6. The molecule has 1 aromatic carbocycles. The lowest BCUT2D eigenvalue weighted by molar-refractivity contribution is 0.0603. The molecule has 17 heavy (non-hydrogen) atoms. The highest BCUT2D eigenvalue weighted by molar-refractivity contribution is 6.06. The molecule has 0 spiro atoms. The van der Waals surface area contributed by atoms with Gasteiger partial charge in [-0.1, -0.05) is 6.07 Å². The Bertz CT molecular complexity index is 555. The smallest absolute Gasteiger partial charge is 0.338 e. The van der Waals surface area contributed by atoms with Gasteiger partial charge in [0.2, 0.25) is 5.75 Å². The molecule has 0 bridgehead atoms. The van der Waals surface area contributed by atoms with Crippen LogP contribution in [0, 0.1) is 0 Å². The Hall–Kier alpha value is -2.17. The predicted octanol–water partition coefficient (Wildman–Crippen LogP) is 2.24. The Morgan fingerprint density at radius 1 is 1.18 bits per heavy atom. The lowest BCUT2D eigenvalue weighted by atomic mass is 10.1. The van der Waals surface area contributed by atoms with Crippen LogP contribution in [0.3, 0.4) is 0 Å². The summed E-state index contributed by atoms with van der Waals surface area (Å²) in [7, 11) is 4.28. The second kappa shape index (κ2) is 4.37. The van der Waals surface area contributed by atoms with Crippen molar-refractivity contribution in [2.24, 2.45) is 0 Å². The standard InChI is InChI=1S/C12H12O5/c1-14-10-9-7(11(13)15-2)5-4-6-8(9)17-12(10)16-3/h4-6H,1-3H3. The van der Waals surface area contributed by atoms with Crippen molar-refractivity contribution in [2.75, 3.05) is 21.3 Å². The fourth-order valence-electron chi connectivity index (χ4n) is 1.70. The molecular weight excluding hydrogens is 224 g/mol. The molecule has 1 heterocycles. The second-order valence-electron chi connectivity index (χ2n) is 3.30. The average Bonchev–Trinajstić information content (AvgIpc) is 2.75. The summed E-state index contributed by atoms with van der Waals surface area (Å²) in [5.41, 5.74) is 0.899. The van der Waals surface area contributed by atoms with E-state index < -0.39 is 5.97 Å². The monoisotopic (exact) mass is 236 g/mol. The summed E-state index contributed by atoms with van der Waals surface area (Å²) in [5, 5.41) is 0.554. The van der Waals surface area contributed by atoms with E-state index in [9.17, 15) is 4.79 Å². The molecule has 2 aromatic rings. The first-order valence-corrected chi connectivity index (χ1v) is 4.94. The molecule has 5 nitrogen and oxygen atoms in total. The molecule has 0 radical (unpaired) electrons. The van der Waals surface area contributed by atoms with Gasteiger partial charge in [0.15, 0.2) is 0 Å². The van der Waals surface area contributed by atoms with Crippen molar-refractivity contribution in [3.8, 4) is 11.7 Å². The third-order valence-electron chi connectivity index (χ3n) is 2.44. The van der Waals surface area contributed by atoms with Crippen molar-refractivity contribution in [3.05, 3.63) is 23.8 Å². The van der Waals surface area contributed by atoms with Crippen LogP contribution in [-0.4, -0.2) is 27.3 Å². The Kier molecular flexibility index (Phi) is 2.91. The van der Waals surface area contributed by atoms with Gasteiger partial charge in [0.1, 0.15) is 5.58 Å². The maximum absolute atomic E-state index is 11.6. The van der Waals surface area contributed by atoms with Crippen molar-refractivity contribution in [1.29, 1.82) is 0 Å². The number of carbonyl (C=O) groups excluding carboxylic acids is 1. The molecule has 0 saturated carbocycles. The Balaban J connectivity index is 2.77. The number of esters is 1. The number of hydrogen-bond donors (Lipinski definition) is 0. The van der Waals surface area contributed by atoms with E-state index in [0.29, 0.717) is 22.3 Å². The molecule has 0 aliphatic heterocycles. The van der Waals surface area contributed by atoms with Crippen LogP contribution in [0.1, 0.15) is 10.4 Å². The third-order valence-corrected chi connectivity index (χ3v) is 2.44. The van der Waals surface area contributed by atoms with E-state index in [1.807, 2.05) is 0 Å². The van der Waals surface area contributed by atoms with E-state index in [2.05, 4.69) is 0 Å². The molecule has 0 amide bonds. The molecule has 90 valence electrons. The topological polar surface area (TPSA) is 57.9 Å². The van der Waals surface area contributed by atoms with Crippen LogP contribution in [0.4, 0.5) is 0 Å². The third kappa shape index (κ3) is 1.69. The minimum absolute atomic E-state index is 0.235. The Morgan fingerprint density at radius 2 is 1.94 bits per heavy atom. The lowest BCUT2D eigenvalue weighted by Crippen LogP contribution is -2.01. The van der Waals surface area contributed by atoms with E-state index in [0.717, 1.165) is 0 Å². The van der Waals surface area contributed by atoms with E-state index in [4.69, 9.17) is 18.6 Å². The highest BCUT2D eigenvalue weighted by Gasteiger charge is 2.22. The molecule has 2 rings (SSSR count). The number of ether oxygens (including phenoxy) is 3. The molecule has 0 saturated heterocycles. The molecule has 5 heteroatoms. The first-order valence-electron chi connectivity index (χ1n) is 4.94. The van der Waals surface area contributed by atoms with Gasteiger partial charge in [-0.2, -0.15) is 0 Å². The van der Waals surface area contributed by atoms with Gasteiger partial charge in [0.05, 0.1) is 32.3 Å². The van der Waals surface area contributed by atoms with Crippen molar-refractivity contribution >= 4 is 16.9 Å². The fraction of sp³-hybridized carbons (Fsp3) is 0.250. The van der Waals surface area contributed by atoms with Crippen LogP contribution < -0.4 is 9.47 Å². The molecule has 0 aliphatic carbocycles. The van der Waals surface area contributed by atoms with Crippen LogP contribution in [0.2, 0.25) is 0 Å². The fourth-order valence-corrected chi connectivity index (χ4v) is 1.70. The first kappa shape index (κ1) is 11.3. The zero-order valence-corrected chi connectivity index (χ0v) is 9.77. The van der Waals surface area contributed by atoms with Crippen LogP contribution in [0.25, 0.3) is 11.0 Å². The molecule has 0 atom stereocenters. The van der Waals surface area contributed by atoms with Crippen molar-refractivity contribution in [1.82, 2.24) is 0 Å². The predicted molar refractivity (Wildman–Crippen MR) is 60.7 cm³/mol. The van der Waals surface area contributed by atoms with Gasteiger partial charge in [-0.15, -0.1) is 0 Å². The number of methoxy groups -OCH3 is 3. The van der Waals surface area contributed by atoms with Gasteiger partial charge in [0.25, 0.3) is 0 Å². The van der Waals surface area contributed by atoms with Crippen LogP contribution >= 0.6 is 0 Å². The second-order valence-corrected chi connectivity index (χ2v) is 3.30. The van der Waals surface area contributed by atoms with E-state index in [1.54, 1.807) is 18.2 Å². The molecular formula is C12H12O5. The Morgan fingerprint density at radius 3 is 2.53 bits per heavy atom. The Labute approximate surface area is 97.9 Å². The van der Waals surface area contributed by atoms with Gasteiger partial charge in [-0.3, -0.25) is 0 Å². The van der Waals surface area contributed by atoms with Crippen molar-refractivity contribution in [3.63, 3.8) is 0 Å². The summed E-state index contributed by atoms with van der Waals surface area (Å²) in [5.74, 6) is 0.180. The quantitative estimate of drug-likeness (QED) is 0.765. The zero-order chi connectivity index (χ0) is 12.4. The zero-order valence-electron chi connectivity index (χ0n) is 9.77. The minimum Gasteiger partial charge on any atom is -0.489 e. The number of hydrogen-bond acceptors (Lipinski definition) is 5. The van der Waals surface area contributed by atoms with Crippen LogP contribution in [0.15, 0.2) is 22.6 Å². The average molecular weight is 236 g/mol. The van der Waals surface area contributed by atoms with Crippen LogP contribution in [0.5, 0.6) is 11.7 Å². The summed E-state index contributed by atoms with van der Waals surface area (Å²) >= 11 is 0. The van der Waals surface area contributed by atoms with E-state index in [1.165, 1.54) is 21.3 Å². The van der Waals surface area contributed by atoms with Gasteiger partial charge >= 0.3 is 11.9 Å². The van der Waals surface area contributed by atoms with Gasteiger partial charge < -0.3 is 18.6 Å². The molecule has 0 fully saturated rings. The highest BCUT2D eigenvalue weighted by Crippen LogP contribution is 2.40. The molecule has 0 N–H and O–H groups in total. The van der Waals surface area contributed by atoms with Gasteiger partial charge in [0, 0.05) is 0 Å². The summed E-state index contributed by atoms with van der Waals surface area (Å²) in [6.45, 7) is 0. The number of benzene rings is 1. The van der Waals surface area contributed by atoms with Gasteiger partial charge in [-0.05, 0) is 12.1 Å². The van der Waals surface area contributed by atoms with E-state index >= 15 is 0 Å². The molecule has 0 unspecified atom stereocenters. The number of fused-ring (bicyclic) bond motifs is 1. The summed E-state index contributed by atoms with van der Waals surface area (Å²) in [6, 6.07) is 5.08. The maximum Gasteiger partial charge on any atom is 0.338 e. The first-order chi connectivity index (χ1) is 8.22. The van der Waals surface area contributed by atoms with Gasteiger partial charge in [-0.25, -0.2) is 4.79 Å². The number of furan rings is 1. The maximum atomic E-state index is 11.6. The molecule has 1 aromatic heterocycles. The number of rotatable bonds is 3. The van der Waals surface area contributed by atoms with Crippen molar-refractivity contribution in [2.45, 2.75) is 0 Å². The minimum atomic E-state index is -0.447. The summed E-state index contributed by atoms with van der Waals surface area (Å²) in [6.07, 6.45) is 0. The molecule has 0 aliphatic rings.